The van der Waals surface area contributed by atoms with Crippen LogP contribution in [0.1, 0.15) is 32.6 Å². The number of rotatable bonds is 6. The summed E-state index contributed by atoms with van der Waals surface area (Å²) in [6.07, 6.45) is 4.70. The van der Waals surface area contributed by atoms with E-state index in [4.69, 9.17) is 16.7 Å². The van der Waals surface area contributed by atoms with Crippen molar-refractivity contribution in [3.63, 3.8) is 0 Å². The first-order valence-corrected chi connectivity index (χ1v) is 6.22. The van der Waals surface area contributed by atoms with Gasteiger partial charge in [-0.15, -0.1) is 11.6 Å². The molecule has 14 heavy (non-hydrogen) atoms. The van der Waals surface area contributed by atoms with E-state index in [0.717, 1.165) is 25.3 Å². The van der Waals surface area contributed by atoms with Gasteiger partial charge in [0, 0.05) is 25.1 Å². The zero-order chi connectivity index (χ0) is 10.4. The summed E-state index contributed by atoms with van der Waals surface area (Å²) in [4.78, 5) is 2.54. The highest BCUT2D eigenvalue weighted by Crippen LogP contribution is 2.22. The molecule has 1 rings (SSSR count). The van der Waals surface area contributed by atoms with E-state index >= 15 is 0 Å². The molecule has 0 aromatic heterocycles. The van der Waals surface area contributed by atoms with E-state index in [1.165, 1.54) is 19.4 Å². The van der Waals surface area contributed by atoms with Crippen LogP contribution in [-0.4, -0.2) is 41.6 Å². The van der Waals surface area contributed by atoms with E-state index in [0.29, 0.717) is 18.6 Å². The van der Waals surface area contributed by atoms with Crippen LogP contribution in [0, 0.1) is 5.92 Å². The third-order valence-electron chi connectivity index (χ3n) is 3.00. The third kappa shape index (κ3) is 3.76. The zero-order valence-electron chi connectivity index (χ0n) is 9.08. The summed E-state index contributed by atoms with van der Waals surface area (Å²) in [6, 6.07) is 0.702. The number of hydrogen-bond acceptors (Lipinski definition) is 2. The van der Waals surface area contributed by atoms with Gasteiger partial charge in [-0.1, -0.05) is 6.92 Å². The van der Waals surface area contributed by atoms with Crippen LogP contribution in [-0.2, 0) is 0 Å². The Morgan fingerprint density at radius 1 is 1.57 bits per heavy atom. The van der Waals surface area contributed by atoms with Crippen molar-refractivity contribution in [3.05, 3.63) is 0 Å². The van der Waals surface area contributed by atoms with Crippen LogP contribution in [0.5, 0.6) is 0 Å². The van der Waals surface area contributed by atoms with Crippen LogP contribution < -0.4 is 0 Å². The first-order valence-electron chi connectivity index (χ1n) is 5.68. The molecular formula is C11H22ClNO. The molecule has 0 amide bonds. The highest BCUT2D eigenvalue weighted by Gasteiger charge is 2.24. The van der Waals surface area contributed by atoms with Crippen molar-refractivity contribution in [2.45, 2.75) is 38.6 Å². The molecule has 2 atom stereocenters. The van der Waals surface area contributed by atoms with Crippen molar-refractivity contribution in [2.75, 3.05) is 25.6 Å². The zero-order valence-corrected chi connectivity index (χ0v) is 9.84. The van der Waals surface area contributed by atoms with Gasteiger partial charge in [-0.25, -0.2) is 0 Å². The molecule has 0 spiro atoms. The van der Waals surface area contributed by atoms with E-state index in [9.17, 15) is 0 Å². The second-order valence-corrected chi connectivity index (χ2v) is 4.72. The maximum absolute atomic E-state index is 8.80. The molecule has 1 fully saturated rings. The minimum atomic E-state index is 0.329. The van der Waals surface area contributed by atoms with Gasteiger partial charge in [0.2, 0.25) is 0 Å². The number of halogens is 1. The lowest BCUT2D eigenvalue weighted by atomic mass is 10.1. The van der Waals surface area contributed by atoms with E-state index in [1.54, 1.807) is 0 Å². The molecule has 1 N–H and O–H groups in total. The summed E-state index contributed by atoms with van der Waals surface area (Å²) < 4.78 is 0. The van der Waals surface area contributed by atoms with Crippen LogP contribution in [0.4, 0.5) is 0 Å². The van der Waals surface area contributed by atoms with Crippen LogP contribution in [0.25, 0.3) is 0 Å². The van der Waals surface area contributed by atoms with Crippen molar-refractivity contribution in [1.29, 1.82) is 0 Å². The van der Waals surface area contributed by atoms with Gasteiger partial charge in [0.1, 0.15) is 0 Å². The van der Waals surface area contributed by atoms with Gasteiger partial charge in [0.25, 0.3) is 0 Å². The fraction of sp³-hybridized carbons (Fsp3) is 1.00. The second kappa shape index (κ2) is 6.65. The SMILES string of the molecule is CC(CCl)CN1CCCC1CCCO. The summed E-state index contributed by atoms with van der Waals surface area (Å²) in [5.74, 6) is 1.34. The number of aliphatic hydroxyl groups is 1. The molecular weight excluding hydrogens is 198 g/mol. The Bertz CT molecular complexity index is 154. The maximum atomic E-state index is 8.80. The third-order valence-corrected chi connectivity index (χ3v) is 3.53. The summed E-state index contributed by atoms with van der Waals surface area (Å²) in [5.41, 5.74) is 0. The van der Waals surface area contributed by atoms with Crippen molar-refractivity contribution in [2.24, 2.45) is 5.92 Å². The summed E-state index contributed by atoms with van der Waals surface area (Å²) in [7, 11) is 0. The summed E-state index contributed by atoms with van der Waals surface area (Å²) >= 11 is 5.82. The van der Waals surface area contributed by atoms with Gasteiger partial charge >= 0.3 is 0 Å². The van der Waals surface area contributed by atoms with Crippen molar-refractivity contribution < 1.29 is 5.11 Å². The molecule has 0 aromatic rings. The topological polar surface area (TPSA) is 23.5 Å². The van der Waals surface area contributed by atoms with Gasteiger partial charge in [-0.2, -0.15) is 0 Å². The van der Waals surface area contributed by atoms with E-state index < -0.39 is 0 Å². The molecule has 84 valence electrons. The van der Waals surface area contributed by atoms with E-state index in [1.807, 2.05) is 0 Å². The normalized spacial score (nSPS) is 25.5. The molecule has 0 bridgehead atoms. The molecule has 0 aliphatic carbocycles. The van der Waals surface area contributed by atoms with Gasteiger partial charge in [0.15, 0.2) is 0 Å². The molecule has 2 nitrogen and oxygen atoms in total. The number of aliphatic hydroxyl groups excluding tert-OH is 1. The monoisotopic (exact) mass is 219 g/mol. The molecule has 3 heteroatoms. The maximum Gasteiger partial charge on any atom is 0.0431 e. The van der Waals surface area contributed by atoms with Gasteiger partial charge < -0.3 is 10.0 Å². The fourth-order valence-corrected chi connectivity index (χ4v) is 2.34. The molecule has 2 unspecified atom stereocenters. The number of likely N-dealkylation sites (tertiary alicyclic amines) is 1. The minimum Gasteiger partial charge on any atom is -0.396 e. The lowest BCUT2D eigenvalue weighted by Gasteiger charge is -2.26. The Labute approximate surface area is 92.2 Å². The smallest absolute Gasteiger partial charge is 0.0431 e. The highest BCUT2D eigenvalue weighted by molar-refractivity contribution is 6.18. The predicted molar refractivity (Wildman–Crippen MR) is 60.8 cm³/mol. The fourth-order valence-electron chi connectivity index (χ4n) is 2.24. The van der Waals surface area contributed by atoms with Crippen LogP contribution in [0.3, 0.4) is 0 Å². The van der Waals surface area contributed by atoms with E-state index in [-0.39, 0.29) is 0 Å². The summed E-state index contributed by atoms with van der Waals surface area (Å²) in [5, 5.41) is 8.80. The Morgan fingerprint density at radius 3 is 3.00 bits per heavy atom. The predicted octanol–water partition coefficient (Wildman–Crippen LogP) is 2.10. The van der Waals surface area contributed by atoms with Crippen LogP contribution in [0.15, 0.2) is 0 Å². The van der Waals surface area contributed by atoms with Crippen molar-refractivity contribution in [1.82, 2.24) is 4.90 Å². The largest absolute Gasteiger partial charge is 0.396 e. The molecule has 1 heterocycles. The average molecular weight is 220 g/mol. The van der Waals surface area contributed by atoms with Crippen LogP contribution in [0.2, 0.25) is 0 Å². The van der Waals surface area contributed by atoms with E-state index in [2.05, 4.69) is 11.8 Å². The van der Waals surface area contributed by atoms with Gasteiger partial charge in [-0.05, 0) is 38.1 Å². The molecule has 1 aliphatic heterocycles. The van der Waals surface area contributed by atoms with Gasteiger partial charge in [-0.3, -0.25) is 0 Å². The second-order valence-electron chi connectivity index (χ2n) is 4.42. The summed E-state index contributed by atoms with van der Waals surface area (Å²) in [6.45, 7) is 4.88. The van der Waals surface area contributed by atoms with Crippen LogP contribution >= 0.6 is 11.6 Å². The quantitative estimate of drug-likeness (QED) is 0.692. The molecule has 0 aromatic carbocycles. The minimum absolute atomic E-state index is 0.329. The number of hydrogen-bond donors (Lipinski definition) is 1. The standard InChI is InChI=1S/C11H22ClNO/c1-10(8-12)9-13-6-2-4-11(13)5-3-7-14/h10-11,14H,2-9H2,1H3. The average Bonchev–Trinajstić information content (AvgIpc) is 2.62. The first kappa shape index (κ1) is 12.3. The Hall–Kier alpha value is 0.210. The first-order chi connectivity index (χ1) is 6.77. The van der Waals surface area contributed by atoms with Crippen molar-refractivity contribution >= 4 is 11.6 Å². The molecule has 0 saturated carbocycles. The Kier molecular flexibility index (Phi) is 5.83. The lowest BCUT2D eigenvalue weighted by molar-refractivity contribution is 0.200. The van der Waals surface area contributed by atoms with Gasteiger partial charge in [0.05, 0.1) is 0 Å². The number of nitrogens with zero attached hydrogens (tertiary/aromatic N) is 1. The Balaban J connectivity index is 2.27. The van der Waals surface area contributed by atoms with Crippen molar-refractivity contribution in [3.8, 4) is 0 Å². The lowest BCUT2D eigenvalue weighted by Crippen LogP contribution is -2.33. The molecule has 1 saturated heterocycles. The Morgan fingerprint density at radius 2 is 2.36 bits per heavy atom. The highest BCUT2D eigenvalue weighted by atomic mass is 35.5. The number of alkyl halides is 1. The molecule has 0 radical (unpaired) electrons. The molecule has 1 aliphatic rings.